The molecule has 0 amide bonds. The summed E-state index contributed by atoms with van der Waals surface area (Å²) in [5.74, 6) is 0.407. The van der Waals surface area contributed by atoms with E-state index >= 15 is 0 Å². The second-order valence-electron chi connectivity index (χ2n) is 4.91. The first-order chi connectivity index (χ1) is 9.00. The average Bonchev–Trinajstić information content (AvgIpc) is 2.35. The quantitative estimate of drug-likeness (QED) is 0.719. The predicted molar refractivity (Wildman–Crippen MR) is 81.0 cm³/mol. The van der Waals surface area contributed by atoms with E-state index in [1.54, 1.807) is 36.9 Å². The van der Waals surface area contributed by atoms with Crippen molar-refractivity contribution in [2.75, 3.05) is 18.6 Å². The molecule has 0 spiro atoms. The van der Waals surface area contributed by atoms with Crippen molar-refractivity contribution in [3.8, 4) is 0 Å². The smallest absolute Gasteiger partial charge is 0.127 e. The summed E-state index contributed by atoms with van der Waals surface area (Å²) in [5, 5.41) is 13.4. The van der Waals surface area contributed by atoms with Crippen LogP contribution in [0.5, 0.6) is 0 Å². The maximum Gasteiger partial charge on any atom is 0.127 e. The number of thioether (sulfide) groups is 1. The molecule has 0 aliphatic carbocycles. The molecule has 0 radical (unpaired) electrons. The summed E-state index contributed by atoms with van der Waals surface area (Å²) < 4.78 is 13.8. The van der Waals surface area contributed by atoms with Crippen LogP contribution in [0.4, 0.5) is 4.39 Å². The Bertz CT molecular complexity index is 409. The molecule has 2 nitrogen and oxygen atoms in total. The highest BCUT2D eigenvalue weighted by Gasteiger charge is 2.22. The molecular weight excluding hydrogens is 261 g/mol. The number of benzene rings is 1. The SMILES string of the molecule is C=CCC(NCC(C)(O)CSC)c1ccccc1F. The van der Waals surface area contributed by atoms with Crippen LogP contribution in [0.3, 0.4) is 0 Å². The van der Waals surface area contributed by atoms with Gasteiger partial charge in [-0.1, -0.05) is 24.3 Å². The Kier molecular flexibility index (Phi) is 6.55. The molecule has 0 aromatic heterocycles. The highest BCUT2D eigenvalue weighted by atomic mass is 32.2. The van der Waals surface area contributed by atoms with Crippen LogP contribution in [0.2, 0.25) is 0 Å². The molecule has 0 fully saturated rings. The molecule has 0 aliphatic heterocycles. The topological polar surface area (TPSA) is 32.3 Å². The maximum absolute atomic E-state index is 13.8. The molecule has 1 rings (SSSR count). The van der Waals surface area contributed by atoms with Gasteiger partial charge in [0.05, 0.1) is 5.60 Å². The van der Waals surface area contributed by atoms with E-state index in [-0.39, 0.29) is 11.9 Å². The molecule has 106 valence electrons. The van der Waals surface area contributed by atoms with Gasteiger partial charge in [-0.05, 0) is 25.7 Å². The van der Waals surface area contributed by atoms with Gasteiger partial charge < -0.3 is 10.4 Å². The first-order valence-corrected chi connectivity index (χ1v) is 7.69. The first kappa shape index (κ1) is 16.2. The third-order valence-electron chi connectivity index (χ3n) is 2.87. The summed E-state index contributed by atoms with van der Waals surface area (Å²) in [4.78, 5) is 0. The standard InChI is InChI=1S/C15H22FNOS/c1-4-7-14(12-8-5-6-9-13(12)16)17-10-15(2,18)11-19-3/h4-6,8-9,14,17-18H,1,7,10-11H2,2-3H3. The molecule has 0 bridgehead atoms. The number of halogens is 1. The predicted octanol–water partition coefficient (Wildman–Crippen LogP) is 3.15. The van der Waals surface area contributed by atoms with E-state index in [2.05, 4.69) is 11.9 Å². The van der Waals surface area contributed by atoms with Crippen molar-refractivity contribution < 1.29 is 9.50 Å². The van der Waals surface area contributed by atoms with Crippen LogP contribution < -0.4 is 5.32 Å². The van der Waals surface area contributed by atoms with E-state index < -0.39 is 5.60 Å². The summed E-state index contributed by atoms with van der Waals surface area (Å²) in [6.45, 7) is 5.91. The lowest BCUT2D eigenvalue weighted by Crippen LogP contribution is -2.41. The molecule has 1 aromatic carbocycles. The summed E-state index contributed by atoms with van der Waals surface area (Å²) in [6, 6.07) is 6.55. The van der Waals surface area contributed by atoms with Crippen LogP contribution >= 0.6 is 11.8 Å². The Morgan fingerprint density at radius 1 is 1.53 bits per heavy atom. The highest BCUT2D eigenvalue weighted by Crippen LogP contribution is 2.21. The molecule has 2 atom stereocenters. The molecule has 0 saturated carbocycles. The van der Waals surface area contributed by atoms with Gasteiger partial charge in [0.1, 0.15) is 5.82 Å². The van der Waals surface area contributed by atoms with E-state index in [4.69, 9.17) is 0 Å². The van der Waals surface area contributed by atoms with Crippen LogP contribution in [0.25, 0.3) is 0 Å². The molecule has 0 aliphatic rings. The molecule has 4 heteroatoms. The molecule has 1 aromatic rings. The lowest BCUT2D eigenvalue weighted by Gasteiger charge is -2.26. The van der Waals surface area contributed by atoms with Gasteiger partial charge in [-0.2, -0.15) is 11.8 Å². The Balaban J connectivity index is 2.74. The summed E-state index contributed by atoms with van der Waals surface area (Å²) in [7, 11) is 0. The minimum Gasteiger partial charge on any atom is -0.388 e. The second kappa shape index (κ2) is 7.68. The van der Waals surface area contributed by atoms with Gasteiger partial charge in [-0.25, -0.2) is 4.39 Å². The zero-order valence-electron chi connectivity index (χ0n) is 11.5. The fourth-order valence-electron chi connectivity index (χ4n) is 1.95. The fraction of sp³-hybridized carbons (Fsp3) is 0.467. The van der Waals surface area contributed by atoms with Crippen molar-refractivity contribution in [2.45, 2.75) is 25.0 Å². The van der Waals surface area contributed by atoms with Crippen molar-refractivity contribution in [3.63, 3.8) is 0 Å². The normalized spacial score (nSPS) is 15.8. The number of hydrogen-bond donors (Lipinski definition) is 2. The Labute approximate surface area is 119 Å². The summed E-state index contributed by atoms with van der Waals surface area (Å²) in [6.07, 6.45) is 4.33. The minimum atomic E-state index is -0.801. The highest BCUT2D eigenvalue weighted by molar-refractivity contribution is 7.98. The van der Waals surface area contributed by atoms with E-state index in [0.717, 1.165) is 0 Å². The number of nitrogens with one attached hydrogen (secondary N) is 1. The van der Waals surface area contributed by atoms with Gasteiger partial charge in [0.15, 0.2) is 0 Å². The Morgan fingerprint density at radius 3 is 2.79 bits per heavy atom. The zero-order chi connectivity index (χ0) is 14.3. The van der Waals surface area contributed by atoms with Crippen molar-refractivity contribution in [1.82, 2.24) is 5.32 Å². The molecule has 0 heterocycles. The van der Waals surface area contributed by atoms with Crippen LogP contribution in [0.15, 0.2) is 36.9 Å². The van der Waals surface area contributed by atoms with Crippen LogP contribution in [-0.4, -0.2) is 29.3 Å². The third-order valence-corrected chi connectivity index (χ3v) is 3.78. The van der Waals surface area contributed by atoms with Gasteiger partial charge >= 0.3 is 0 Å². The number of hydrogen-bond acceptors (Lipinski definition) is 3. The third kappa shape index (κ3) is 5.35. The van der Waals surface area contributed by atoms with Crippen molar-refractivity contribution in [1.29, 1.82) is 0 Å². The molecule has 0 saturated heterocycles. The molecule has 2 unspecified atom stereocenters. The molecule has 19 heavy (non-hydrogen) atoms. The van der Waals surface area contributed by atoms with Crippen LogP contribution in [-0.2, 0) is 0 Å². The Hall–Kier alpha value is -0.840. The van der Waals surface area contributed by atoms with Crippen molar-refractivity contribution in [2.24, 2.45) is 0 Å². The van der Waals surface area contributed by atoms with Gasteiger partial charge in [-0.3, -0.25) is 0 Å². The lowest BCUT2D eigenvalue weighted by atomic mass is 10.0. The number of aliphatic hydroxyl groups is 1. The molecular formula is C15H22FNOS. The summed E-state index contributed by atoms with van der Waals surface area (Å²) in [5.41, 5.74) is -0.188. The molecule has 2 N–H and O–H groups in total. The van der Waals surface area contributed by atoms with Crippen molar-refractivity contribution >= 4 is 11.8 Å². The lowest BCUT2D eigenvalue weighted by molar-refractivity contribution is 0.0813. The monoisotopic (exact) mass is 283 g/mol. The van der Waals surface area contributed by atoms with Crippen molar-refractivity contribution in [3.05, 3.63) is 48.3 Å². The minimum absolute atomic E-state index is 0.160. The Morgan fingerprint density at radius 2 is 2.21 bits per heavy atom. The van der Waals surface area contributed by atoms with Crippen LogP contribution in [0.1, 0.15) is 24.9 Å². The van der Waals surface area contributed by atoms with Gasteiger partial charge in [0.25, 0.3) is 0 Å². The zero-order valence-corrected chi connectivity index (χ0v) is 12.3. The second-order valence-corrected chi connectivity index (χ2v) is 5.78. The largest absolute Gasteiger partial charge is 0.388 e. The van der Waals surface area contributed by atoms with Gasteiger partial charge in [-0.15, -0.1) is 6.58 Å². The van der Waals surface area contributed by atoms with Gasteiger partial charge in [0.2, 0.25) is 0 Å². The number of rotatable bonds is 8. The maximum atomic E-state index is 13.8. The fourth-order valence-corrected chi connectivity index (χ4v) is 2.67. The van der Waals surface area contributed by atoms with Crippen LogP contribution in [0, 0.1) is 5.82 Å². The van der Waals surface area contributed by atoms with E-state index in [1.165, 1.54) is 6.07 Å². The van der Waals surface area contributed by atoms with E-state index in [0.29, 0.717) is 24.3 Å². The van der Waals surface area contributed by atoms with E-state index in [9.17, 15) is 9.50 Å². The summed E-state index contributed by atoms with van der Waals surface area (Å²) >= 11 is 1.59. The van der Waals surface area contributed by atoms with E-state index in [1.807, 2.05) is 12.3 Å². The van der Waals surface area contributed by atoms with Gasteiger partial charge in [0, 0.05) is 23.9 Å². The first-order valence-electron chi connectivity index (χ1n) is 6.30. The average molecular weight is 283 g/mol.